The van der Waals surface area contributed by atoms with Crippen LogP contribution in [0.2, 0.25) is 0 Å². The lowest BCUT2D eigenvalue weighted by Crippen LogP contribution is -2.16. The maximum atomic E-state index is 12.7. The molecule has 27 heavy (non-hydrogen) atoms. The standard InChI is InChI=1S/C21H15N3OS2/c1-24-17-8-4-5-9-19(17)27-21(24)15(12-22)18(25)13-26-20-11-10-14-6-2-3-7-16(14)23-20/h2-11H,13H2,1H3. The van der Waals surface area contributed by atoms with E-state index in [2.05, 4.69) is 11.1 Å². The molecule has 6 heteroatoms. The first-order valence-corrected chi connectivity index (χ1v) is 10.1. The SMILES string of the molecule is CN1C(=C(C#N)C(=O)CSc2ccc3ccccc3n2)Sc2ccccc21. The van der Waals surface area contributed by atoms with Crippen LogP contribution in [0, 0.1) is 11.3 Å². The van der Waals surface area contributed by atoms with E-state index in [0.29, 0.717) is 5.03 Å². The number of ketones is 1. The zero-order valence-electron chi connectivity index (χ0n) is 14.5. The van der Waals surface area contributed by atoms with Gasteiger partial charge in [-0.3, -0.25) is 4.79 Å². The number of anilines is 1. The number of para-hydroxylation sites is 2. The minimum Gasteiger partial charge on any atom is -0.337 e. The van der Waals surface area contributed by atoms with Gasteiger partial charge in [-0.15, -0.1) is 0 Å². The van der Waals surface area contributed by atoms with Gasteiger partial charge in [-0.05, 0) is 24.3 Å². The van der Waals surface area contributed by atoms with Gasteiger partial charge in [0.1, 0.15) is 16.7 Å². The number of fused-ring (bicyclic) bond motifs is 2. The summed E-state index contributed by atoms with van der Waals surface area (Å²) in [5.74, 6) is 0.00210. The number of allylic oxidation sites excluding steroid dienone is 1. The third-order valence-corrected chi connectivity index (χ3v) is 6.43. The topological polar surface area (TPSA) is 57.0 Å². The van der Waals surface area contributed by atoms with E-state index in [0.717, 1.165) is 26.5 Å². The van der Waals surface area contributed by atoms with E-state index in [1.807, 2.05) is 72.6 Å². The number of rotatable bonds is 4. The fourth-order valence-electron chi connectivity index (χ4n) is 2.89. The maximum absolute atomic E-state index is 12.7. The molecule has 4 nitrogen and oxygen atoms in total. The predicted molar refractivity (Wildman–Crippen MR) is 111 cm³/mol. The highest BCUT2D eigenvalue weighted by Gasteiger charge is 2.27. The molecule has 1 aliphatic heterocycles. The van der Waals surface area contributed by atoms with E-state index >= 15 is 0 Å². The number of thioether (sulfide) groups is 2. The van der Waals surface area contributed by atoms with Gasteiger partial charge in [-0.2, -0.15) is 5.26 Å². The Balaban J connectivity index is 1.54. The van der Waals surface area contributed by atoms with Gasteiger partial charge in [0.25, 0.3) is 0 Å². The largest absolute Gasteiger partial charge is 0.337 e. The van der Waals surface area contributed by atoms with Crippen LogP contribution >= 0.6 is 23.5 Å². The molecule has 2 heterocycles. The fraction of sp³-hybridized carbons (Fsp3) is 0.0952. The first-order chi connectivity index (χ1) is 13.2. The molecule has 0 amide bonds. The third kappa shape index (κ3) is 3.44. The van der Waals surface area contributed by atoms with E-state index in [4.69, 9.17) is 0 Å². The quantitative estimate of drug-likeness (QED) is 0.360. The van der Waals surface area contributed by atoms with Gasteiger partial charge < -0.3 is 4.90 Å². The average Bonchev–Trinajstić information content (AvgIpc) is 3.03. The van der Waals surface area contributed by atoms with Crippen molar-refractivity contribution in [3.8, 4) is 6.07 Å². The number of hydrogen-bond acceptors (Lipinski definition) is 6. The molecule has 0 N–H and O–H groups in total. The Morgan fingerprint density at radius 3 is 2.74 bits per heavy atom. The Bertz CT molecular complexity index is 1120. The van der Waals surface area contributed by atoms with Crippen LogP contribution in [0.1, 0.15) is 0 Å². The number of nitriles is 1. The number of Topliss-reactive ketones (excluding diaryl/α,β-unsaturated/α-hetero) is 1. The number of pyridine rings is 1. The van der Waals surface area contributed by atoms with E-state index in [-0.39, 0.29) is 17.1 Å². The summed E-state index contributed by atoms with van der Waals surface area (Å²) in [6, 6.07) is 21.8. The molecule has 132 valence electrons. The number of carbonyl (C=O) groups excluding carboxylic acids is 1. The van der Waals surface area contributed by atoms with E-state index in [1.165, 1.54) is 23.5 Å². The molecule has 0 radical (unpaired) electrons. The van der Waals surface area contributed by atoms with Crippen molar-refractivity contribution in [2.45, 2.75) is 9.92 Å². The molecule has 3 aromatic rings. The van der Waals surface area contributed by atoms with Crippen molar-refractivity contribution in [1.82, 2.24) is 4.98 Å². The first-order valence-electron chi connectivity index (χ1n) is 8.34. The Morgan fingerprint density at radius 2 is 1.93 bits per heavy atom. The number of hydrogen-bond donors (Lipinski definition) is 0. The highest BCUT2D eigenvalue weighted by Crippen LogP contribution is 2.46. The summed E-state index contributed by atoms with van der Waals surface area (Å²) in [5, 5.41) is 12.1. The van der Waals surface area contributed by atoms with E-state index in [1.54, 1.807) is 0 Å². The van der Waals surface area contributed by atoms with Gasteiger partial charge >= 0.3 is 0 Å². The van der Waals surface area contributed by atoms with Gasteiger partial charge in [0.2, 0.25) is 0 Å². The Morgan fingerprint density at radius 1 is 1.15 bits per heavy atom. The summed E-state index contributed by atoms with van der Waals surface area (Å²) in [6.45, 7) is 0. The van der Waals surface area contributed by atoms with Crippen LogP contribution < -0.4 is 4.90 Å². The number of carbonyl (C=O) groups is 1. The summed E-state index contributed by atoms with van der Waals surface area (Å²) in [4.78, 5) is 20.3. The summed E-state index contributed by atoms with van der Waals surface area (Å²) in [7, 11) is 1.89. The lowest BCUT2D eigenvalue weighted by molar-refractivity contribution is -0.112. The average molecular weight is 390 g/mol. The molecule has 0 fully saturated rings. The van der Waals surface area contributed by atoms with Crippen molar-refractivity contribution < 1.29 is 4.79 Å². The normalized spacial score (nSPS) is 14.7. The minimum absolute atomic E-state index is 0.181. The highest BCUT2D eigenvalue weighted by molar-refractivity contribution is 8.03. The summed E-state index contributed by atoms with van der Waals surface area (Å²) < 4.78 is 0. The van der Waals surface area contributed by atoms with Crippen LogP contribution in [0.4, 0.5) is 5.69 Å². The minimum atomic E-state index is -0.181. The molecular weight excluding hydrogens is 374 g/mol. The smallest absolute Gasteiger partial charge is 0.186 e. The van der Waals surface area contributed by atoms with E-state index in [9.17, 15) is 10.1 Å². The zero-order chi connectivity index (χ0) is 18.8. The highest BCUT2D eigenvalue weighted by atomic mass is 32.2. The Kier molecular flexibility index (Phi) is 4.88. The molecule has 1 aromatic heterocycles. The van der Waals surface area contributed by atoms with Crippen molar-refractivity contribution in [1.29, 1.82) is 5.26 Å². The summed E-state index contributed by atoms with van der Waals surface area (Å²) in [6.07, 6.45) is 0. The molecule has 0 spiro atoms. The molecule has 1 aliphatic rings. The van der Waals surface area contributed by atoms with Crippen molar-refractivity contribution in [3.63, 3.8) is 0 Å². The van der Waals surface area contributed by atoms with Gasteiger partial charge in [0.15, 0.2) is 5.78 Å². The van der Waals surface area contributed by atoms with Crippen molar-refractivity contribution in [3.05, 3.63) is 71.3 Å². The molecule has 0 aliphatic carbocycles. The van der Waals surface area contributed by atoms with E-state index < -0.39 is 0 Å². The van der Waals surface area contributed by atoms with Crippen LogP contribution in [0.5, 0.6) is 0 Å². The fourth-order valence-corrected chi connectivity index (χ4v) is 4.80. The van der Waals surface area contributed by atoms with Crippen LogP contribution in [-0.4, -0.2) is 23.6 Å². The van der Waals surface area contributed by atoms with Crippen LogP contribution in [0.3, 0.4) is 0 Å². The maximum Gasteiger partial charge on any atom is 0.186 e. The van der Waals surface area contributed by atoms with Gasteiger partial charge in [-0.1, -0.05) is 59.9 Å². The Hall–Kier alpha value is -2.75. The molecular formula is C21H15N3OS2. The Labute approximate surface area is 165 Å². The molecule has 0 saturated carbocycles. The second-order valence-corrected chi connectivity index (χ2v) is 8.00. The molecule has 4 rings (SSSR count). The molecule has 0 unspecified atom stereocenters. The monoisotopic (exact) mass is 389 g/mol. The number of nitrogens with zero attached hydrogens (tertiary/aromatic N) is 3. The van der Waals surface area contributed by atoms with Crippen molar-refractivity contribution >= 4 is 45.9 Å². The van der Waals surface area contributed by atoms with Crippen molar-refractivity contribution in [2.75, 3.05) is 17.7 Å². The summed E-state index contributed by atoms with van der Waals surface area (Å²) >= 11 is 2.82. The molecule has 2 aromatic carbocycles. The first kappa shape index (κ1) is 17.7. The lowest BCUT2D eigenvalue weighted by Gasteiger charge is -2.14. The second-order valence-electron chi connectivity index (χ2n) is 5.97. The van der Waals surface area contributed by atoms with Crippen LogP contribution in [0.15, 0.2) is 81.2 Å². The molecule has 0 atom stereocenters. The molecule has 0 saturated heterocycles. The summed E-state index contributed by atoms with van der Waals surface area (Å²) in [5.41, 5.74) is 2.12. The van der Waals surface area contributed by atoms with Crippen molar-refractivity contribution in [2.24, 2.45) is 0 Å². The third-order valence-electron chi connectivity index (χ3n) is 4.27. The number of aromatic nitrogens is 1. The van der Waals surface area contributed by atoms with Crippen LogP contribution in [-0.2, 0) is 4.79 Å². The zero-order valence-corrected chi connectivity index (χ0v) is 16.2. The lowest BCUT2D eigenvalue weighted by atomic mass is 10.2. The van der Waals surface area contributed by atoms with Gasteiger partial charge in [-0.25, -0.2) is 4.98 Å². The van der Waals surface area contributed by atoms with Crippen LogP contribution in [0.25, 0.3) is 10.9 Å². The number of benzene rings is 2. The molecule has 0 bridgehead atoms. The predicted octanol–water partition coefficient (Wildman–Crippen LogP) is 4.87. The second kappa shape index (κ2) is 7.47. The van der Waals surface area contributed by atoms with Gasteiger partial charge in [0, 0.05) is 17.3 Å². The van der Waals surface area contributed by atoms with Gasteiger partial charge in [0.05, 0.1) is 22.0 Å².